The Balaban J connectivity index is 3.97. The summed E-state index contributed by atoms with van der Waals surface area (Å²) in [7, 11) is 0. The number of hydrogen-bond acceptors (Lipinski definition) is 2. The fraction of sp³-hybridized carbons (Fsp3) is 0.833. The summed E-state index contributed by atoms with van der Waals surface area (Å²) in [4.78, 5) is 10.8. The maximum atomic E-state index is 10.8. The lowest BCUT2D eigenvalue weighted by molar-refractivity contribution is -0.132. The maximum Gasteiger partial charge on any atom is 0.174 e. The summed E-state index contributed by atoms with van der Waals surface area (Å²) in [5.41, 5.74) is -1.14. The van der Waals surface area contributed by atoms with Gasteiger partial charge in [0.15, 0.2) is 5.78 Å². The molecule has 9 heavy (non-hydrogen) atoms. The van der Waals surface area contributed by atoms with E-state index in [4.69, 9.17) is 0 Å². The van der Waals surface area contributed by atoms with Gasteiger partial charge in [-0.05, 0) is 13.3 Å². The van der Waals surface area contributed by atoms with Gasteiger partial charge in [0, 0.05) is 0 Å². The van der Waals surface area contributed by atoms with Gasteiger partial charge in [-0.1, -0.05) is 22.9 Å². The molecule has 0 aromatic carbocycles. The van der Waals surface area contributed by atoms with Gasteiger partial charge in [-0.2, -0.15) is 0 Å². The largest absolute Gasteiger partial charge is 0.382 e. The number of ketones is 1. The Morgan fingerprint density at radius 3 is 2.33 bits per heavy atom. The molecule has 0 aliphatic carbocycles. The highest BCUT2D eigenvalue weighted by molar-refractivity contribution is 9.09. The topological polar surface area (TPSA) is 37.3 Å². The Labute approximate surface area is 63.4 Å². The molecule has 0 aliphatic heterocycles. The van der Waals surface area contributed by atoms with Crippen LogP contribution in [0.3, 0.4) is 0 Å². The number of alkyl halides is 1. The maximum absolute atomic E-state index is 10.8. The van der Waals surface area contributed by atoms with Crippen molar-refractivity contribution in [3.05, 3.63) is 0 Å². The second-order valence-electron chi connectivity index (χ2n) is 2.18. The Hall–Kier alpha value is 0.110. The molecule has 3 heteroatoms. The molecule has 0 fully saturated rings. The Morgan fingerprint density at radius 2 is 2.22 bits per heavy atom. The van der Waals surface area contributed by atoms with Crippen molar-refractivity contribution in [3.8, 4) is 0 Å². The summed E-state index contributed by atoms with van der Waals surface area (Å²) >= 11 is 2.98. The third-order valence-corrected chi connectivity index (χ3v) is 1.92. The molecule has 0 bridgehead atoms. The lowest BCUT2D eigenvalue weighted by Gasteiger charge is -2.17. The fourth-order valence-corrected chi connectivity index (χ4v) is 0.945. The van der Waals surface area contributed by atoms with Crippen molar-refractivity contribution in [1.82, 2.24) is 0 Å². The van der Waals surface area contributed by atoms with Crippen LogP contribution in [0.5, 0.6) is 0 Å². The van der Waals surface area contributed by atoms with E-state index in [1.807, 2.05) is 0 Å². The molecule has 0 aromatic rings. The number of carbonyl (C=O) groups excluding carboxylic acids is 1. The van der Waals surface area contributed by atoms with Gasteiger partial charge in [0.2, 0.25) is 0 Å². The van der Waals surface area contributed by atoms with Gasteiger partial charge in [-0.25, -0.2) is 0 Å². The zero-order valence-corrected chi connectivity index (χ0v) is 7.23. The highest BCUT2D eigenvalue weighted by Gasteiger charge is 2.25. The number of carbonyl (C=O) groups is 1. The van der Waals surface area contributed by atoms with Crippen LogP contribution in [0.25, 0.3) is 0 Å². The van der Waals surface area contributed by atoms with E-state index < -0.39 is 5.60 Å². The zero-order valence-electron chi connectivity index (χ0n) is 5.65. The molecule has 1 N–H and O–H groups in total. The van der Waals surface area contributed by atoms with Crippen molar-refractivity contribution in [3.63, 3.8) is 0 Å². The number of Topliss-reactive ketones (excluding diaryl/α,β-unsaturated/α-hetero) is 1. The molecule has 54 valence electrons. The standard InChI is InChI=1S/C6H11BrO2/c1-3-6(2,9)5(8)4-7/h9H,3-4H2,1-2H3. The van der Waals surface area contributed by atoms with Crippen molar-refractivity contribution in [2.45, 2.75) is 25.9 Å². The number of halogens is 1. The van der Waals surface area contributed by atoms with Crippen molar-refractivity contribution in [2.24, 2.45) is 0 Å². The van der Waals surface area contributed by atoms with E-state index in [1.54, 1.807) is 6.92 Å². The second-order valence-corrected chi connectivity index (χ2v) is 2.74. The van der Waals surface area contributed by atoms with Crippen molar-refractivity contribution in [2.75, 3.05) is 5.33 Å². The van der Waals surface area contributed by atoms with Crippen LogP contribution >= 0.6 is 15.9 Å². The normalized spacial score (nSPS) is 16.9. The molecule has 1 unspecified atom stereocenters. The molecule has 1 atom stereocenters. The first-order valence-corrected chi connectivity index (χ1v) is 3.98. The monoisotopic (exact) mass is 194 g/mol. The van der Waals surface area contributed by atoms with Crippen molar-refractivity contribution < 1.29 is 9.90 Å². The molecule has 0 spiro atoms. The van der Waals surface area contributed by atoms with Crippen LogP contribution < -0.4 is 0 Å². The van der Waals surface area contributed by atoms with Crippen LogP contribution in [0.1, 0.15) is 20.3 Å². The summed E-state index contributed by atoms with van der Waals surface area (Å²) in [6.45, 7) is 3.30. The number of hydrogen-bond donors (Lipinski definition) is 1. The average Bonchev–Trinajstić information content (AvgIpc) is 1.86. The first kappa shape index (κ1) is 9.11. The smallest absolute Gasteiger partial charge is 0.174 e. The third kappa shape index (κ3) is 2.45. The van der Waals surface area contributed by atoms with Gasteiger partial charge in [0.1, 0.15) is 5.60 Å². The van der Waals surface area contributed by atoms with Crippen LogP contribution in [0.4, 0.5) is 0 Å². The molecule has 0 amide bonds. The third-order valence-electron chi connectivity index (χ3n) is 1.41. The van der Waals surface area contributed by atoms with Gasteiger partial charge in [-0.15, -0.1) is 0 Å². The van der Waals surface area contributed by atoms with Gasteiger partial charge in [-0.3, -0.25) is 4.79 Å². The molecule has 0 aliphatic rings. The zero-order chi connectivity index (χ0) is 7.49. The molecular formula is C6H11BrO2. The summed E-state index contributed by atoms with van der Waals surface area (Å²) in [5.74, 6) is -0.162. The highest BCUT2D eigenvalue weighted by atomic mass is 79.9. The van der Waals surface area contributed by atoms with E-state index in [1.165, 1.54) is 6.92 Å². The van der Waals surface area contributed by atoms with Crippen LogP contribution in [-0.2, 0) is 4.79 Å². The van der Waals surface area contributed by atoms with Gasteiger partial charge >= 0.3 is 0 Å². The fourth-order valence-electron chi connectivity index (χ4n) is 0.341. The predicted molar refractivity (Wildman–Crippen MR) is 39.7 cm³/mol. The van der Waals surface area contributed by atoms with E-state index >= 15 is 0 Å². The van der Waals surface area contributed by atoms with E-state index in [0.29, 0.717) is 6.42 Å². The molecular weight excluding hydrogens is 184 g/mol. The molecule has 0 saturated carbocycles. The Kier molecular flexibility index (Phi) is 3.36. The van der Waals surface area contributed by atoms with Gasteiger partial charge in [0.05, 0.1) is 5.33 Å². The summed E-state index contributed by atoms with van der Waals surface area (Å²) < 4.78 is 0. The van der Waals surface area contributed by atoms with Crippen LogP contribution in [0.2, 0.25) is 0 Å². The van der Waals surface area contributed by atoms with E-state index in [9.17, 15) is 9.90 Å². The molecule has 0 heterocycles. The van der Waals surface area contributed by atoms with Gasteiger partial charge in [0.25, 0.3) is 0 Å². The molecule has 0 saturated heterocycles. The summed E-state index contributed by atoms with van der Waals surface area (Å²) in [6.07, 6.45) is 0.470. The van der Waals surface area contributed by atoms with Crippen LogP contribution in [-0.4, -0.2) is 21.8 Å². The first-order valence-electron chi connectivity index (χ1n) is 2.86. The SMILES string of the molecule is CCC(C)(O)C(=O)CBr. The Morgan fingerprint density at radius 1 is 1.78 bits per heavy atom. The molecule has 2 nitrogen and oxygen atoms in total. The minimum absolute atomic E-state index is 0.162. The minimum atomic E-state index is -1.14. The average molecular weight is 195 g/mol. The first-order chi connectivity index (χ1) is 4.04. The summed E-state index contributed by atoms with van der Waals surface area (Å²) in [6, 6.07) is 0. The Bertz CT molecular complexity index is 110. The highest BCUT2D eigenvalue weighted by Crippen LogP contribution is 2.10. The van der Waals surface area contributed by atoms with Gasteiger partial charge < -0.3 is 5.11 Å². The van der Waals surface area contributed by atoms with Crippen molar-refractivity contribution in [1.29, 1.82) is 0 Å². The van der Waals surface area contributed by atoms with E-state index in [0.717, 1.165) is 0 Å². The minimum Gasteiger partial charge on any atom is -0.382 e. The second kappa shape index (κ2) is 3.32. The lowest BCUT2D eigenvalue weighted by Crippen LogP contribution is -2.34. The van der Waals surface area contributed by atoms with Crippen LogP contribution in [0, 0.1) is 0 Å². The molecule has 0 radical (unpaired) electrons. The summed E-state index contributed by atoms with van der Waals surface area (Å²) in [5, 5.41) is 9.44. The van der Waals surface area contributed by atoms with E-state index in [2.05, 4.69) is 15.9 Å². The molecule has 0 rings (SSSR count). The van der Waals surface area contributed by atoms with Crippen molar-refractivity contribution >= 4 is 21.7 Å². The quantitative estimate of drug-likeness (QED) is 0.685. The lowest BCUT2D eigenvalue weighted by atomic mass is 10.00. The number of rotatable bonds is 3. The predicted octanol–water partition coefficient (Wildman–Crippen LogP) is 1.11. The molecule has 0 aromatic heterocycles. The van der Waals surface area contributed by atoms with E-state index in [-0.39, 0.29) is 11.1 Å². The number of aliphatic hydroxyl groups is 1. The van der Waals surface area contributed by atoms with Crippen LogP contribution in [0.15, 0.2) is 0 Å².